The van der Waals surface area contributed by atoms with Crippen molar-refractivity contribution in [2.45, 2.75) is 20.3 Å². The minimum atomic E-state index is 0.740. The number of nitrogens with one attached hydrogen (secondary N) is 1. The summed E-state index contributed by atoms with van der Waals surface area (Å²) in [5.74, 6) is 0. The van der Waals surface area contributed by atoms with Gasteiger partial charge in [0.25, 0.3) is 0 Å². The molecule has 1 unspecified atom stereocenters. The molecule has 3 heteroatoms. The molecule has 2 nitrogen and oxygen atoms in total. The molecule has 130 valence electrons. The average Bonchev–Trinajstić information content (AvgIpc) is 3.05. The van der Waals surface area contributed by atoms with E-state index in [1.54, 1.807) is 0 Å². The van der Waals surface area contributed by atoms with Gasteiger partial charge in [0.15, 0.2) is 0 Å². The number of aromatic amines is 1. The van der Waals surface area contributed by atoms with E-state index in [9.17, 15) is 0 Å². The van der Waals surface area contributed by atoms with Gasteiger partial charge in [0.1, 0.15) is 5.65 Å². The summed E-state index contributed by atoms with van der Waals surface area (Å²) in [6.45, 7) is 10.7. The van der Waals surface area contributed by atoms with Gasteiger partial charge in [0.2, 0.25) is 0 Å². The Balaban J connectivity index is 2.06. The van der Waals surface area contributed by atoms with Gasteiger partial charge < -0.3 is 4.98 Å². The number of fused-ring (bicyclic) bond motifs is 3. The van der Waals surface area contributed by atoms with Crippen LogP contribution in [0, 0.1) is 6.92 Å². The zero-order chi connectivity index (χ0) is 18.3. The largest absolute Gasteiger partial charge is 0.339 e. The zero-order valence-corrected chi connectivity index (χ0v) is 16.5. The standard InChI is InChI=1S/C23H23N2P/c1-5-15(3)16-7-6-8-17(12-16)18-9-10-20(26-4)22-21(18)19-11-14(2)13-24-23(19)25-22/h6-13,26H,3,5H2,1-2,4H3,(H,24,25). The fourth-order valence-electron chi connectivity index (χ4n) is 3.55. The average molecular weight is 358 g/mol. The molecule has 0 spiro atoms. The van der Waals surface area contributed by atoms with Gasteiger partial charge >= 0.3 is 0 Å². The van der Waals surface area contributed by atoms with Crippen LogP contribution in [0.1, 0.15) is 24.5 Å². The SMILES string of the molecule is C=C(CC)c1cccc(-c2ccc(PC)c3[nH]c4ncc(C)cc4c23)c1. The van der Waals surface area contributed by atoms with Crippen molar-refractivity contribution in [3.63, 3.8) is 0 Å². The highest BCUT2D eigenvalue weighted by Gasteiger charge is 2.14. The van der Waals surface area contributed by atoms with E-state index in [-0.39, 0.29) is 0 Å². The Labute approximate surface area is 156 Å². The number of allylic oxidation sites excluding steroid dienone is 1. The van der Waals surface area contributed by atoms with Crippen LogP contribution < -0.4 is 5.30 Å². The first-order valence-electron chi connectivity index (χ1n) is 8.99. The second kappa shape index (κ2) is 6.70. The quantitative estimate of drug-likeness (QED) is 0.442. The van der Waals surface area contributed by atoms with Crippen LogP contribution in [0.5, 0.6) is 0 Å². The Bertz CT molecular complexity index is 1140. The highest BCUT2D eigenvalue weighted by atomic mass is 31.1. The number of pyridine rings is 1. The van der Waals surface area contributed by atoms with E-state index >= 15 is 0 Å². The third-order valence-corrected chi connectivity index (χ3v) is 5.98. The van der Waals surface area contributed by atoms with E-state index < -0.39 is 0 Å². The van der Waals surface area contributed by atoms with Crippen molar-refractivity contribution in [1.82, 2.24) is 9.97 Å². The van der Waals surface area contributed by atoms with Gasteiger partial charge in [-0.15, -0.1) is 0 Å². The van der Waals surface area contributed by atoms with Crippen LogP contribution in [0.25, 0.3) is 38.6 Å². The van der Waals surface area contributed by atoms with Crippen LogP contribution in [0.15, 0.2) is 55.2 Å². The number of H-pyrrole nitrogens is 1. The van der Waals surface area contributed by atoms with E-state index in [2.05, 4.69) is 79.5 Å². The maximum atomic E-state index is 4.62. The number of hydrogen-bond donors (Lipinski definition) is 1. The van der Waals surface area contributed by atoms with Crippen molar-refractivity contribution in [2.24, 2.45) is 0 Å². The molecule has 0 aliphatic rings. The molecule has 0 saturated carbocycles. The smallest absolute Gasteiger partial charge is 0.138 e. The number of hydrogen-bond acceptors (Lipinski definition) is 1. The fourth-order valence-corrected chi connectivity index (χ4v) is 4.24. The first-order chi connectivity index (χ1) is 12.6. The van der Waals surface area contributed by atoms with E-state index in [4.69, 9.17) is 0 Å². The van der Waals surface area contributed by atoms with Crippen LogP contribution in [-0.2, 0) is 0 Å². The molecule has 0 aliphatic carbocycles. The van der Waals surface area contributed by atoms with Crippen molar-refractivity contribution in [3.8, 4) is 11.1 Å². The summed E-state index contributed by atoms with van der Waals surface area (Å²) in [6, 6.07) is 15.5. The lowest BCUT2D eigenvalue weighted by Crippen LogP contribution is -1.96. The summed E-state index contributed by atoms with van der Waals surface area (Å²) in [7, 11) is 0.740. The van der Waals surface area contributed by atoms with Crippen LogP contribution in [0.4, 0.5) is 0 Å². The van der Waals surface area contributed by atoms with Gasteiger partial charge in [0, 0.05) is 17.0 Å². The molecule has 0 saturated heterocycles. The fraction of sp³-hybridized carbons (Fsp3) is 0.174. The molecule has 2 aromatic carbocycles. The normalized spacial score (nSPS) is 11.8. The van der Waals surface area contributed by atoms with Gasteiger partial charge in [0.05, 0.1) is 5.52 Å². The van der Waals surface area contributed by atoms with Crippen molar-refractivity contribution in [2.75, 3.05) is 6.66 Å². The summed E-state index contributed by atoms with van der Waals surface area (Å²) < 4.78 is 0. The Kier molecular flexibility index (Phi) is 4.38. The van der Waals surface area contributed by atoms with E-state index in [0.717, 1.165) is 20.6 Å². The molecule has 1 N–H and O–H groups in total. The van der Waals surface area contributed by atoms with Crippen LogP contribution in [0.3, 0.4) is 0 Å². The van der Waals surface area contributed by atoms with Gasteiger partial charge in [-0.3, -0.25) is 0 Å². The number of aromatic nitrogens is 2. The minimum Gasteiger partial charge on any atom is -0.339 e. The Morgan fingerprint density at radius 3 is 2.81 bits per heavy atom. The number of rotatable bonds is 4. The monoisotopic (exact) mass is 358 g/mol. The van der Waals surface area contributed by atoms with Crippen molar-refractivity contribution >= 4 is 41.4 Å². The lowest BCUT2D eigenvalue weighted by molar-refractivity contribution is 1.25. The molecule has 0 aliphatic heterocycles. The zero-order valence-electron chi connectivity index (χ0n) is 15.5. The molecule has 0 amide bonds. The molecular formula is C23H23N2P. The predicted molar refractivity (Wildman–Crippen MR) is 117 cm³/mol. The first kappa shape index (κ1) is 17.0. The van der Waals surface area contributed by atoms with Crippen molar-refractivity contribution < 1.29 is 0 Å². The van der Waals surface area contributed by atoms with Gasteiger partial charge in [-0.05, 0) is 65.3 Å². The number of benzene rings is 2. The molecule has 1 atom stereocenters. The molecule has 0 fully saturated rings. The highest BCUT2D eigenvalue weighted by Crippen LogP contribution is 2.36. The highest BCUT2D eigenvalue weighted by molar-refractivity contribution is 7.47. The van der Waals surface area contributed by atoms with Crippen LogP contribution >= 0.6 is 8.58 Å². The third kappa shape index (κ3) is 2.75. The lowest BCUT2D eigenvalue weighted by atomic mass is 9.95. The molecule has 0 radical (unpaired) electrons. The molecule has 4 rings (SSSR count). The summed E-state index contributed by atoms with van der Waals surface area (Å²) in [5.41, 5.74) is 8.24. The lowest BCUT2D eigenvalue weighted by Gasteiger charge is -2.10. The minimum absolute atomic E-state index is 0.740. The Morgan fingerprint density at radius 2 is 2.04 bits per heavy atom. The summed E-state index contributed by atoms with van der Waals surface area (Å²) in [5, 5.41) is 3.84. The van der Waals surface area contributed by atoms with Crippen molar-refractivity contribution in [1.29, 1.82) is 0 Å². The molecule has 2 aromatic heterocycles. The summed E-state index contributed by atoms with van der Waals surface area (Å²) >= 11 is 0. The van der Waals surface area contributed by atoms with Gasteiger partial charge in [-0.25, -0.2) is 4.98 Å². The summed E-state index contributed by atoms with van der Waals surface area (Å²) in [6.07, 6.45) is 2.89. The van der Waals surface area contributed by atoms with Gasteiger partial charge in [-0.2, -0.15) is 0 Å². The van der Waals surface area contributed by atoms with E-state index in [1.807, 2.05) is 6.20 Å². The molecular weight excluding hydrogens is 335 g/mol. The first-order valence-corrected chi connectivity index (χ1v) is 10.5. The second-order valence-corrected chi connectivity index (χ2v) is 7.77. The topological polar surface area (TPSA) is 28.7 Å². The molecule has 0 bridgehead atoms. The molecule has 2 heterocycles. The number of nitrogens with zero attached hydrogens (tertiary/aromatic N) is 1. The Morgan fingerprint density at radius 1 is 1.19 bits per heavy atom. The molecule has 26 heavy (non-hydrogen) atoms. The van der Waals surface area contributed by atoms with E-state index in [0.29, 0.717) is 0 Å². The Hall–Kier alpha value is -2.44. The third-order valence-electron chi connectivity index (χ3n) is 5.02. The van der Waals surface area contributed by atoms with E-state index in [1.165, 1.54) is 49.4 Å². The van der Waals surface area contributed by atoms with Crippen molar-refractivity contribution in [3.05, 3.63) is 66.4 Å². The second-order valence-electron chi connectivity index (χ2n) is 6.73. The number of aryl methyl sites for hydroxylation is 1. The van der Waals surface area contributed by atoms with Gasteiger partial charge in [-0.1, -0.05) is 52.4 Å². The molecule has 4 aromatic rings. The maximum absolute atomic E-state index is 4.62. The maximum Gasteiger partial charge on any atom is 0.138 e. The van der Waals surface area contributed by atoms with Crippen LogP contribution in [0.2, 0.25) is 0 Å². The predicted octanol–water partition coefficient (Wildman–Crippen LogP) is 6.05. The summed E-state index contributed by atoms with van der Waals surface area (Å²) in [4.78, 5) is 8.18. The van der Waals surface area contributed by atoms with Crippen LogP contribution in [-0.4, -0.2) is 16.6 Å².